The molecule has 1 atom stereocenters. The predicted octanol–water partition coefficient (Wildman–Crippen LogP) is 2.82. The molecule has 0 saturated carbocycles. The second-order valence-electron chi connectivity index (χ2n) is 5.70. The number of aromatic nitrogens is 1. The van der Waals surface area contributed by atoms with Crippen LogP contribution in [-0.4, -0.2) is 24.1 Å². The Morgan fingerprint density at radius 3 is 3.00 bits per heavy atom. The molecular weight excluding hydrogens is 222 g/mol. The number of nitrogens with zero attached hydrogens (tertiary/aromatic N) is 2. The Bertz CT molecular complexity index is 376. The lowest BCUT2D eigenvalue weighted by atomic mass is 10.2. The van der Waals surface area contributed by atoms with Crippen LogP contribution in [0.15, 0.2) is 18.3 Å². The summed E-state index contributed by atoms with van der Waals surface area (Å²) in [5.74, 6) is 1.87. The smallest absolute Gasteiger partial charge is 0.133 e. The molecule has 1 fully saturated rings. The molecule has 0 aromatic carbocycles. The van der Waals surface area contributed by atoms with Gasteiger partial charge < -0.3 is 10.2 Å². The van der Waals surface area contributed by atoms with Gasteiger partial charge in [0.25, 0.3) is 0 Å². The third kappa shape index (κ3) is 3.22. The van der Waals surface area contributed by atoms with Gasteiger partial charge in [0.1, 0.15) is 5.82 Å². The maximum absolute atomic E-state index is 4.59. The van der Waals surface area contributed by atoms with Crippen molar-refractivity contribution in [3.63, 3.8) is 0 Å². The number of pyridine rings is 1. The van der Waals surface area contributed by atoms with E-state index in [0.717, 1.165) is 19.6 Å². The standard InChI is InChI=1S/C15H25N3/c1-12(2)10-16-11-14-7-4-8-17-15(14)18-9-5-6-13(18)3/h4,7-8,12-13,16H,5-6,9-11H2,1-3H3. The Labute approximate surface area is 111 Å². The summed E-state index contributed by atoms with van der Waals surface area (Å²) in [6.45, 7) is 9.90. The van der Waals surface area contributed by atoms with E-state index in [1.165, 1.54) is 24.2 Å². The van der Waals surface area contributed by atoms with Crippen LogP contribution >= 0.6 is 0 Å². The van der Waals surface area contributed by atoms with E-state index in [-0.39, 0.29) is 0 Å². The topological polar surface area (TPSA) is 28.2 Å². The van der Waals surface area contributed by atoms with Gasteiger partial charge in [-0.1, -0.05) is 19.9 Å². The lowest BCUT2D eigenvalue weighted by Gasteiger charge is -2.25. The van der Waals surface area contributed by atoms with Crippen molar-refractivity contribution in [1.29, 1.82) is 0 Å². The molecule has 1 aromatic heterocycles. The second-order valence-corrected chi connectivity index (χ2v) is 5.70. The SMILES string of the molecule is CC(C)CNCc1cccnc1N1CCCC1C. The molecule has 3 nitrogen and oxygen atoms in total. The quantitative estimate of drug-likeness (QED) is 0.867. The van der Waals surface area contributed by atoms with E-state index in [9.17, 15) is 0 Å². The molecule has 1 saturated heterocycles. The fraction of sp³-hybridized carbons (Fsp3) is 0.667. The minimum atomic E-state index is 0.628. The van der Waals surface area contributed by atoms with Crippen LogP contribution in [0.1, 0.15) is 39.2 Å². The van der Waals surface area contributed by atoms with Crippen LogP contribution in [0.5, 0.6) is 0 Å². The van der Waals surface area contributed by atoms with Gasteiger partial charge in [0.2, 0.25) is 0 Å². The number of rotatable bonds is 5. The van der Waals surface area contributed by atoms with Gasteiger partial charge in [0.05, 0.1) is 0 Å². The zero-order valence-corrected chi connectivity index (χ0v) is 11.8. The average molecular weight is 247 g/mol. The molecule has 0 aliphatic carbocycles. The molecule has 3 heteroatoms. The molecule has 0 radical (unpaired) electrons. The van der Waals surface area contributed by atoms with Crippen LogP contribution in [0.4, 0.5) is 5.82 Å². The highest BCUT2D eigenvalue weighted by Crippen LogP contribution is 2.26. The first-order valence-electron chi connectivity index (χ1n) is 7.09. The Morgan fingerprint density at radius 1 is 1.50 bits per heavy atom. The first kappa shape index (κ1) is 13.3. The Balaban J connectivity index is 2.05. The first-order chi connectivity index (χ1) is 8.68. The summed E-state index contributed by atoms with van der Waals surface area (Å²) < 4.78 is 0. The fourth-order valence-corrected chi connectivity index (χ4v) is 2.57. The summed E-state index contributed by atoms with van der Waals surface area (Å²) in [5, 5.41) is 3.51. The van der Waals surface area contributed by atoms with Gasteiger partial charge in [-0.25, -0.2) is 4.98 Å². The summed E-state index contributed by atoms with van der Waals surface area (Å²) in [5.41, 5.74) is 1.33. The van der Waals surface area contributed by atoms with Crippen molar-refractivity contribution >= 4 is 5.82 Å². The van der Waals surface area contributed by atoms with Gasteiger partial charge in [-0.3, -0.25) is 0 Å². The van der Waals surface area contributed by atoms with Crippen molar-refractivity contribution < 1.29 is 0 Å². The molecule has 18 heavy (non-hydrogen) atoms. The van der Waals surface area contributed by atoms with Crippen molar-refractivity contribution in [2.45, 2.75) is 46.2 Å². The zero-order valence-electron chi connectivity index (χ0n) is 11.8. The molecule has 0 amide bonds. The highest BCUT2D eigenvalue weighted by Gasteiger charge is 2.23. The molecule has 0 bridgehead atoms. The summed E-state index contributed by atoms with van der Waals surface area (Å²) in [6, 6.07) is 4.86. The van der Waals surface area contributed by atoms with E-state index in [1.54, 1.807) is 0 Å². The van der Waals surface area contributed by atoms with Gasteiger partial charge in [-0.05, 0) is 38.3 Å². The first-order valence-corrected chi connectivity index (χ1v) is 7.09. The van der Waals surface area contributed by atoms with Crippen molar-refractivity contribution in [2.24, 2.45) is 5.92 Å². The summed E-state index contributed by atoms with van der Waals surface area (Å²) >= 11 is 0. The van der Waals surface area contributed by atoms with Gasteiger partial charge in [-0.2, -0.15) is 0 Å². The zero-order chi connectivity index (χ0) is 13.0. The van der Waals surface area contributed by atoms with E-state index in [2.05, 4.69) is 42.0 Å². The van der Waals surface area contributed by atoms with E-state index >= 15 is 0 Å². The molecule has 0 spiro atoms. The number of anilines is 1. The summed E-state index contributed by atoms with van der Waals surface area (Å²) in [4.78, 5) is 7.05. The van der Waals surface area contributed by atoms with Crippen molar-refractivity contribution in [1.82, 2.24) is 10.3 Å². The van der Waals surface area contributed by atoms with E-state index in [4.69, 9.17) is 0 Å². The largest absolute Gasteiger partial charge is 0.354 e. The second kappa shape index (κ2) is 6.19. The van der Waals surface area contributed by atoms with Crippen LogP contribution < -0.4 is 10.2 Å². The Hall–Kier alpha value is -1.09. The maximum Gasteiger partial charge on any atom is 0.133 e. The number of hydrogen-bond acceptors (Lipinski definition) is 3. The van der Waals surface area contributed by atoms with Crippen LogP contribution in [0.2, 0.25) is 0 Å². The fourth-order valence-electron chi connectivity index (χ4n) is 2.57. The molecule has 100 valence electrons. The Kier molecular flexibility index (Phi) is 4.59. The molecule has 2 rings (SSSR count). The minimum absolute atomic E-state index is 0.628. The van der Waals surface area contributed by atoms with Crippen LogP contribution in [0, 0.1) is 5.92 Å². The van der Waals surface area contributed by atoms with E-state index in [0.29, 0.717) is 12.0 Å². The monoisotopic (exact) mass is 247 g/mol. The van der Waals surface area contributed by atoms with E-state index < -0.39 is 0 Å². The van der Waals surface area contributed by atoms with Crippen molar-refractivity contribution in [3.8, 4) is 0 Å². The third-order valence-electron chi connectivity index (χ3n) is 3.56. The Morgan fingerprint density at radius 2 is 2.33 bits per heavy atom. The van der Waals surface area contributed by atoms with Gasteiger partial charge in [0, 0.05) is 30.9 Å². The number of nitrogens with one attached hydrogen (secondary N) is 1. The average Bonchev–Trinajstić information content (AvgIpc) is 2.76. The van der Waals surface area contributed by atoms with Crippen molar-refractivity contribution in [3.05, 3.63) is 23.9 Å². The van der Waals surface area contributed by atoms with Crippen molar-refractivity contribution in [2.75, 3.05) is 18.0 Å². The van der Waals surface area contributed by atoms with Crippen LogP contribution in [-0.2, 0) is 6.54 Å². The van der Waals surface area contributed by atoms with Gasteiger partial charge >= 0.3 is 0 Å². The molecule has 1 aliphatic rings. The predicted molar refractivity (Wildman–Crippen MR) is 76.8 cm³/mol. The van der Waals surface area contributed by atoms with Crippen LogP contribution in [0.25, 0.3) is 0 Å². The summed E-state index contributed by atoms with van der Waals surface area (Å²) in [7, 11) is 0. The third-order valence-corrected chi connectivity index (χ3v) is 3.56. The molecular formula is C15H25N3. The highest BCUT2D eigenvalue weighted by atomic mass is 15.2. The maximum atomic E-state index is 4.59. The van der Waals surface area contributed by atoms with Crippen LogP contribution in [0.3, 0.4) is 0 Å². The highest BCUT2D eigenvalue weighted by molar-refractivity contribution is 5.48. The lowest BCUT2D eigenvalue weighted by Crippen LogP contribution is -2.29. The lowest BCUT2D eigenvalue weighted by molar-refractivity contribution is 0.551. The van der Waals surface area contributed by atoms with E-state index in [1.807, 2.05) is 12.3 Å². The normalized spacial score (nSPS) is 19.8. The van der Waals surface area contributed by atoms with Gasteiger partial charge in [-0.15, -0.1) is 0 Å². The summed E-state index contributed by atoms with van der Waals surface area (Å²) in [6.07, 6.45) is 4.48. The van der Waals surface area contributed by atoms with Gasteiger partial charge in [0.15, 0.2) is 0 Å². The minimum Gasteiger partial charge on any atom is -0.354 e. The molecule has 1 aliphatic heterocycles. The number of hydrogen-bond donors (Lipinski definition) is 1. The molecule has 1 unspecified atom stereocenters. The molecule has 1 N–H and O–H groups in total. The molecule has 2 heterocycles. The molecule has 1 aromatic rings.